The Balaban J connectivity index is 2.14. The van der Waals surface area contributed by atoms with Gasteiger partial charge in [-0.3, -0.25) is 4.79 Å². The van der Waals surface area contributed by atoms with Crippen LogP contribution in [0.3, 0.4) is 0 Å². The zero-order chi connectivity index (χ0) is 15.4. The zero-order valence-electron chi connectivity index (χ0n) is 11.9. The van der Waals surface area contributed by atoms with Gasteiger partial charge in [0.25, 0.3) is 6.43 Å². The number of alkyl halides is 2. The molecule has 0 saturated carbocycles. The highest BCUT2D eigenvalue weighted by Crippen LogP contribution is 2.29. The van der Waals surface area contributed by atoms with Crippen LogP contribution in [-0.2, 0) is 11.2 Å². The molecule has 0 spiro atoms. The lowest BCUT2D eigenvalue weighted by atomic mass is 9.87. The third-order valence-electron chi connectivity index (χ3n) is 3.80. The molecule has 1 aliphatic rings. The molecular formula is C15H20F2N2O2. The standard InChI is InChI=1S/C15H20F2N2O2/c1-10-12(8-11-4-2-3-5-13(11)18-10)15(21)19(6-7-20)9-14(16)17/h2-5,10,12,14,18,20H,6-9H2,1H3. The molecule has 2 rings (SSSR count). The van der Waals surface area contributed by atoms with Gasteiger partial charge in [-0.25, -0.2) is 8.78 Å². The average Bonchev–Trinajstić information content (AvgIpc) is 2.45. The van der Waals surface area contributed by atoms with Gasteiger partial charge in [-0.05, 0) is 25.0 Å². The van der Waals surface area contributed by atoms with Gasteiger partial charge in [0, 0.05) is 18.3 Å². The number of anilines is 1. The first kappa shape index (κ1) is 15.7. The summed E-state index contributed by atoms with van der Waals surface area (Å²) >= 11 is 0. The van der Waals surface area contributed by atoms with Gasteiger partial charge in [0.1, 0.15) is 0 Å². The lowest BCUT2D eigenvalue weighted by Gasteiger charge is -2.35. The van der Waals surface area contributed by atoms with Gasteiger partial charge in [-0.15, -0.1) is 0 Å². The largest absolute Gasteiger partial charge is 0.395 e. The van der Waals surface area contributed by atoms with Crippen molar-refractivity contribution in [3.8, 4) is 0 Å². The van der Waals surface area contributed by atoms with Crippen LogP contribution in [0, 0.1) is 5.92 Å². The molecule has 4 nitrogen and oxygen atoms in total. The molecule has 116 valence electrons. The van der Waals surface area contributed by atoms with Crippen LogP contribution >= 0.6 is 0 Å². The zero-order valence-corrected chi connectivity index (χ0v) is 11.9. The van der Waals surface area contributed by atoms with E-state index in [-0.39, 0.29) is 25.1 Å². The molecule has 6 heteroatoms. The molecule has 1 heterocycles. The van der Waals surface area contributed by atoms with E-state index in [4.69, 9.17) is 5.11 Å². The smallest absolute Gasteiger partial charge is 0.255 e. The van der Waals surface area contributed by atoms with Gasteiger partial charge in [-0.1, -0.05) is 18.2 Å². The number of hydrogen-bond donors (Lipinski definition) is 2. The molecule has 0 fully saturated rings. The number of hydrogen-bond acceptors (Lipinski definition) is 3. The molecule has 0 aliphatic carbocycles. The summed E-state index contributed by atoms with van der Waals surface area (Å²) in [6, 6.07) is 7.54. The fourth-order valence-electron chi connectivity index (χ4n) is 2.71. The van der Waals surface area contributed by atoms with E-state index in [1.807, 2.05) is 31.2 Å². The highest BCUT2D eigenvalue weighted by atomic mass is 19.3. The Morgan fingerprint density at radius 1 is 1.48 bits per heavy atom. The summed E-state index contributed by atoms with van der Waals surface area (Å²) in [4.78, 5) is 13.5. The van der Waals surface area contributed by atoms with E-state index in [0.29, 0.717) is 6.42 Å². The highest BCUT2D eigenvalue weighted by Gasteiger charge is 2.33. The molecule has 2 N–H and O–H groups in total. The second kappa shape index (κ2) is 6.85. The van der Waals surface area contributed by atoms with Crippen LogP contribution in [0.4, 0.5) is 14.5 Å². The van der Waals surface area contributed by atoms with E-state index in [9.17, 15) is 13.6 Å². The number of carbonyl (C=O) groups excluding carboxylic acids is 1. The van der Waals surface area contributed by atoms with Crippen molar-refractivity contribution in [3.05, 3.63) is 29.8 Å². The first-order valence-corrected chi connectivity index (χ1v) is 7.05. The van der Waals surface area contributed by atoms with E-state index < -0.39 is 18.9 Å². The van der Waals surface area contributed by atoms with Crippen molar-refractivity contribution in [2.75, 3.05) is 25.0 Å². The summed E-state index contributed by atoms with van der Waals surface area (Å²) < 4.78 is 25.2. The minimum Gasteiger partial charge on any atom is -0.395 e. The monoisotopic (exact) mass is 298 g/mol. The molecule has 1 amide bonds. The number of halogens is 2. The normalized spacial score (nSPS) is 20.8. The second-order valence-electron chi connectivity index (χ2n) is 5.30. The van der Waals surface area contributed by atoms with Crippen LogP contribution in [0.1, 0.15) is 12.5 Å². The molecular weight excluding hydrogens is 278 g/mol. The molecule has 0 radical (unpaired) electrons. The maximum atomic E-state index is 12.6. The number of rotatable bonds is 5. The van der Waals surface area contributed by atoms with Gasteiger partial charge >= 0.3 is 0 Å². The molecule has 1 aliphatic heterocycles. The number of aliphatic hydroxyl groups excluding tert-OH is 1. The molecule has 21 heavy (non-hydrogen) atoms. The van der Waals surface area contributed by atoms with E-state index in [1.54, 1.807) is 0 Å². The number of nitrogens with one attached hydrogen (secondary N) is 1. The number of carbonyl (C=O) groups is 1. The summed E-state index contributed by atoms with van der Waals surface area (Å²) in [7, 11) is 0. The quantitative estimate of drug-likeness (QED) is 0.871. The summed E-state index contributed by atoms with van der Waals surface area (Å²) in [6.07, 6.45) is -2.08. The maximum absolute atomic E-state index is 12.6. The fourth-order valence-corrected chi connectivity index (χ4v) is 2.71. The van der Waals surface area contributed by atoms with Crippen LogP contribution in [0.15, 0.2) is 24.3 Å². The number of fused-ring (bicyclic) bond motifs is 1. The maximum Gasteiger partial charge on any atom is 0.255 e. The second-order valence-corrected chi connectivity index (χ2v) is 5.30. The van der Waals surface area contributed by atoms with Crippen LogP contribution in [0.2, 0.25) is 0 Å². The van der Waals surface area contributed by atoms with Gasteiger partial charge in [0.2, 0.25) is 5.91 Å². The Bertz CT molecular complexity index is 496. The van der Waals surface area contributed by atoms with E-state index in [0.717, 1.165) is 16.2 Å². The van der Waals surface area contributed by atoms with Crippen molar-refractivity contribution in [3.63, 3.8) is 0 Å². The van der Waals surface area contributed by atoms with Crippen molar-refractivity contribution in [1.82, 2.24) is 4.90 Å². The van der Waals surface area contributed by atoms with Crippen LogP contribution in [-0.4, -0.2) is 48.1 Å². The number of para-hydroxylation sites is 1. The van der Waals surface area contributed by atoms with Crippen molar-refractivity contribution in [1.29, 1.82) is 0 Å². The minimum atomic E-state index is -2.60. The number of aliphatic hydroxyl groups is 1. The first-order valence-electron chi connectivity index (χ1n) is 7.05. The Labute approximate surface area is 122 Å². The minimum absolute atomic E-state index is 0.0615. The predicted octanol–water partition coefficient (Wildman–Crippen LogP) is 1.75. The fraction of sp³-hybridized carbons (Fsp3) is 0.533. The third kappa shape index (κ3) is 3.69. The molecule has 0 bridgehead atoms. The third-order valence-corrected chi connectivity index (χ3v) is 3.80. The topological polar surface area (TPSA) is 52.6 Å². The van der Waals surface area contributed by atoms with E-state index >= 15 is 0 Å². The van der Waals surface area contributed by atoms with Gasteiger partial charge in [0.05, 0.1) is 19.1 Å². The Morgan fingerprint density at radius 3 is 2.86 bits per heavy atom. The Morgan fingerprint density at radius 2 is 2.19 bits per heavy atom. The summed E-state index contributed by atoms with van der Waals surface area (Å²) in [5, 5.41) is 12.2. The number of benzene rings is 1. The molecule has 2 unspecified atom stereocenters. The lowest BCUT2D eigenvalue weighted by Crippen LogP contribution is -2.47. The molecule has 2 atom stereocenters. The van der Waals surface area contributed by atoms with E-state index in [2.05, 4.69) is 5.32 Å². The highest BCUT2D eigenvalue weighted by molar-refractivity contribution is 5.81. The Kier molecular flexibility index (Phi) is 5.12. The summed E-state index contributed by atoms with van der Waals surface area (Å²) in [5.41, 5.74) is 1.99. The predicted molar refractivity (Wildman–Crippen MR) is 76.4 cm³/mol. The van der Waals surface area contributed by atoms with Crippen molar-refractivity contribution >= 4 is 11.6 Å². The van der Waals surface area contributed by atoms with Gasteiger partial charge in [0.15, 0.2) is 0 Å². The first-order chi connectivity index (χ1) is 10.0. The molecule has 1 aromatic rings. The molecule has 0 saturated heterocycles. The van der Waals surface area contributed by atoms with Crippen molar-refractivity contribution < 1.29 is 18.7 Å². The van der Waals surface area contributed by atoms with Crippen LogP contribution in [0.5, 0.6) is 0 Å². The van der Waals surface area contributed by atoms with Crippen LogP contribution < -0.4 is 5.32 Å². The average molecular weight is 298 g/mol. The number of amides is 1. The van der Waals surface area contributed by atoms with Gasteiger partial charge < -0.3 is 15.3 Å². The number of nitrogens with zero attached hydrogens (tertiary/aromatic N) is 1. The molecule has 0 aromatic heterocycles. The van der Waals surface area contributed by atoms with Crippen molar-refractivity contribution in [2.45, 2.75) is 25.8 Å². The summed E-state index contributed by atoms with van der Waals surface area (Å²) in [5.74, 6) is -0.732. The molecule has 1 aromatic carbocycles. The Hall–Kier alpha value is -1.69. The lowest BCUT2D eigenvalue weighted by molar-refractivity contribution is -0.138. The van der Waals surface area contributed by atoms with Crippen molar-refractivity contribution in [2.24, 2.45) is 5.92 Å². The van der Waals surface area contributed by atoms with E-state index in [1.165, 1.54) is 0 Å². The summed E-state index contributed by atoms with van der Waals surface area (Å²) in [6.45, 7) is 0.861. The van der Waals surface area contributed by atoms with Gasteiger partial charge in [-0.2, -0.15) is 0 Å². The van der Waals surface area contributed by atoms with Crippen LogP contribution in [0.25, 0.3) is 0 Å². The SMILES string of the molecule is CC1Nc2ccccc2CC1C(=O)N(CCO)CC(F)F.